The van der Waals surface area contributed by atoms with Gasteiger partial charge in [0.2, 0.25) is 0 Å². The molecule has 1 aromatic carbocycles. The minimum atomic E-state index is -1.13. The van der Waals surface area contributed by atoms with Crippen molar-refractivity contribution in [1.82, 2.24) is 5.43 Å². The smallest absolute Gasteiger partial charge is 0.423 e. The number of anilines is 1. The van der Waals surface area contributed by atoms with E-state index in [4.69, 9.17) is 9.84 Å². The molecule has 1 heterocycles. The molecule has 3 N–H and O–H groups in total. The number of nitrogens with one attached hydrogen (secondary N) is 2. The normalized spacial score (nSPS) is 17.8. The van der Waals surface area contributed by atoms with E-state index >= 15 is 0 Å². The van der Waals surface area contributed by atoms with Gasteiger partial charge in [-0.05, 0) is 13.0 Å². The van der Waals surface area contributed by atoms with Crippen LogP contribution in [0.4, 0.5) is 10.5 Å². The Morgan fingerprint density at radius 2 is 2.40 bits per heavy atom. The number of para-hydroxylation sites is 1. The van der Waals surface area contributed by atoms with Crippen LogP contribution in [0, 0.1) is 0 Å². The van der Waals surface area contributed by atoms with E-state index in [1.165, 1.54) is 0 Å². The summed E-state index contributed by atoms with van der Waals surface area (Å²) < 4.78 is 5.57. The van der Waals surface area contributed by atoms with Crippen LogP contribution in [-0.2, 0) is 6.42 Å². The maximum atomic E-state index is 10.3. The first-order valence-electron chi connectivity index (χ1n) is 4.70. The third-order valence-corrected chi connectivity index (χ3v) is 2.23. The zero-order chi connectivity index (χ0) is 10.8. The highest BCUT2D eigenvalue weighted by Gasteiger charge is 2.21. The van der Waals surface area contributed by atoms with Crippen LogP contribution < -0.4 is 15.6 Å². The predicted octanol–water partition coefficient (Wildman–Crippen LogP) is 1.60. The Morgan fingerprint density at radius 3 is 3.13 bits per heavy atom. The van der Waals surface area contributed by atoms with Gasteiger partial charge >= 0.3 is 6.09 Å². The topological polar surface area (TPSA) is 70.6 Å². The van der Waals surface area contributed by atoms with E-state index < -0.39 is 6.09 Å². The van der Waals surface area contributed by atoms with E-state index in [9.17, 15) is 4.79 Å². The number of carboxylic acid groups (broad SMARTS) is 1. The number of hydrazine groups is 1. The van der Waals surface area contributed by atoms with Gasteiger partial charge in [-0.1, -0.05) is 12.1 Å². The number of ether oxygens (including phenoxy) is 1. The number of hydrogen-bond acceptors (Lipinski definition) is 3. The molecule has 1 atom stereocenters. The first-order valence-corrected chi connectivity index (χ1v) is 4.70. The van der Waals surface area contributed by atoms with Crippen molar-refractivity contribution in [3.8, 4) is 5.75 Å². The van der Waals surface area contributed by atoms with Crippen molar-refractivity contribution >= 4 is 11.8 Å². The second-order valence-corrected chi connectivity index (χ2v) is 3.48. The highest BCUT2D eigenvalue weighted by molar-refractivity contribution is 5.69. The summed E-state index contributed by atoms with van der Waals surface area (Å²) in [5.41, 5.74) is 6.43. The Morgan fingerprint density at radius 1 is 1.60 bits per heavy atom. The minimum absolute atomic E-state index is 0.146. The van der Waals surface area contributed by atoms with Crippen LogP contribution in [0.25, 0.3) is 0 Å². The van der Waals surface area contributed by atoms with Crippen molar-refractivity contribution in [2.45, 2.75) is 19.4 Å². The number of rotatable bonds is 2. The first-order chi connectivity index (χ1) is 7.16. The van der Waals surface area contributed by atoms with Gasteiger partial charge in [-0.2, -0.15) is 0 Å². The van der Waals surface area contributed by atoms with E-state index in [1.54, 1.807) is 6.07 Å². The first kappa shape index (κ1) is 9.64. The summed E-state index contributed by atoms with van der Waals surface area (Å²) >= 11 is 0. The molecule has 0 fully saturated rings. The fourth-order valence-electron chi connectivity index (χ4n) is 1.66. The van der Waals surface area contributed by atoms with E-state index in [0.717, 1.165) is 17.7 Å². The Bertz CT molecular complexity index is 392. The molecule has 5 nitrogen and oxygen atoms in total. The molecule has 0 bridgehead atoms. The zero-order valence-electron chi connectivity index (χ0n) is 8.28. The molecule has 0 radical (unpaired) electrons. The van der Waals surface area contributed by atoms with Crippen molar-refractivity contribution in [3.63, 3.8) is 0 Å². The van der Waals surface area contributed by atoms with Crippen molar-refractivity contribution in [2.75, 3.05) is 5.43 Å². The quantitative estimate of drug-likeness (QED) is 0.646. The molecule has 15 heavy (non-hydrogen) atoms. The lowest BCUT2D eigenvalue weighted by Crippen LogP contribution is -2.27. The minimum Gasteiger partial charge on any atom is -0.488 e. The molecule has 2 rings (SSSR count). The second kappa shape index (κ2) is 3.68. The van der Waals surface area contributed by atoms with Gasteiger partial charge in [-0.15, -0.1) is 0 Å². The Hall–Kier alpha value is -1.91. The van der Waals surface area contributed by atoms with Crippen molar-refractivity contribution in [1.29, 1.82) is 0 Å². The Balaban J connectivity index is 2.19. The Labute approximate surface area is 87.0 Å². The summed E-state index contributed by atoms with van der Waals surface area (Å²) in [4.78, 5) is 10.3. The Kier molecular flexibility index (Phi) is 2.37. The maximum absolute atomic E-state index is 10.3. The van der Waals surface area contributed by atoms with Crippen molar-refractivity contribution in [3.05, 3.63) is 23.8 Å². The highest BCUT2D eigenvalue weighted by Crippen LogP contribution is 2.35. The second-order valence-electron chi connectivity index (χ2n) is 3.48. The van der Waals surface area contributed by atoms with E-state index in [0.29, 0.717) is 5.69 Å². The van der Waals surface area contributed by atoms with Gasteiger partial charge < -0.3 is 9.84 Å². The fourth-order valence-corrected chi connectivity index (χ4v) is 1.66. The van der Waals surface area contributed by atoms with Gasteiger partial charge in [0.1, 0.15) is 11.9 Å². The summed E-state index contributed by atoms with van der Waals surface area (Å²) in [6.45, 7) is 1.98. The molecule has 1 unspecified atom stereocenters. The fraction of sp³-hybridized carbons (Fsp3) is 0.300. The average molecular weight is 208 g/mol. The standard InChI is InChI=1S/C10H12N2O3/c1-6-5-7-3-2-4-8(9(7)15-6)11-12-10(13)14/h2-4,6,11-12H,5H2,1H3,(H,13,14). The molecule has 1 aromatic rings. The van der Waals surface area contributed by atoms with Gasteiger partial charge in [0.05, 0.1) is 5.69 Å². The average Bonchev–Trinajstić information content (AvgIpc) is 2.55. The number of hydrogen-bond donors (Lipinski definition) is 3. The van der Waals surface area contributed by atoms with Crippen molar-refractivity contribution < 1.29 is 14.6 Å². The van der Waals surface area contributed by atoms with Gasteiger partial charge in [0.15, 0.2) is 0 Å². The van der Waals surface area contributed by atoms with Crippen LogP contribution in [0.15, 0.2) is 18.2 Å². The molecule has 1 aliphatic rings. The van der Waals surface area contributed by atoms with Crippen LogP contribution in [0.3, 0.4) is 0 Å². The lowest BCUT2D eigenvalue weighted by Gasteiger charge is -2.10. The predicted molar refractivity (Wildman–Crippen MR) is 55.0 cm³/mol. The van der Waals surface area contributed by atoms with Gasteiger partial charge in [-0.25, -0.2) is 10.2 Å². The molecule has 0 spiro atoms. The molecular formula is C10H12N2O3. The summed E-state index contributed by atoms with van der Waals surface area (Å²) in [6.07, 6.45) is -0.121. The molecule has 0 aromatic heterocycles. The van der Waals surface area contributed by atoms with E-state index in [-0.39, 0.29) is 6.10 Å². The molecule has 0 saturated heterocycles. The molecule has 5 heteroatoms. The molecule has 80 valence electrons. The summed E-state index contributed by atoms with van der Waals surface area (Å²) in [6, 6.07) is 5.61. The lowest BCUT2D eigenvalue weighted by atomic mass is 10.1. The number of carbonyl (C=O) groups is 1. The van der Waals surface area contributed by atoms with Gasteiger partial charge in [-0.3, -0.25) is 5.43 Å². The number of fused-ring (bicyclic) bond motifs is 1. The molecular weight excluding hydrogens is 196 g/mol. The van der Waals surface area contributed by atoms with Gasteiger partial charge in [0.25, 0.3) is 0 Å². The maximum Gasteiger partial charge on any atom is 0.423 e. The lowest BCUT2D eigenvalue weighted by molar-refractivity contribution is 0.197. The van der Waals surface area contributed by atoms with Crippen LogP contribution >= 0.6 is 0 Å². The van der Waals surface area contributed by atoms with Crippen LogP contribution in [0.5, 0.6) is 5.75 Å². The summed E-state index contributed by atoms with van der Waals surface area (Å²) in [7, 11) is 0. The van der Waals surface area contributed by atoms with E-state index in [2.05, 4.69) is 10.9 Å². The highest BCUT2D eigenvalue weighted by atomic mass is 16.5. The van der Waals surface area contributed by atoms with Crippen LogP contribution in [0.2, 0.25) is 0 Å². The van der Waals surface area contributed by atoms with Crippen LogP contribution in [-0.4, -0.2) is 17.3 Å². The van der Waals surface area contributed by atoms with Crippen molar-refractivity contribution in [2.24, 2.45) is 0 Å². The third kappa shape index (κ3) is 1.96. The summed E-state index contributed by atoms with van der Waals surface area (Å²) in [5, 5.41) is 8.46. The van der Waals surface area contributed by atoms with E-state index in [1.807, 2.05) is 19.1 Å². The number of amides is 1. The third-order valence-electron chi connectivity index (χ3n) is 2.23. The van der Waals surface area contributed by atoms with Gasteiger partial charge in [0, 0.05) is 12.0 Å². The SMILES string of the molecule is CC1Cc2cccc(NNC(=O)O)c2O1. The largest absolute Gasteiger partial charge is 0.488 e. The molecule has 1 aliphatic heterocycles. The van der Waals surface area contributed by atoms with Crippen LogP contribution in [0.1, 0.15) is 12.5 Å². The molecule has 0 saturated carbocycles. The molecule has 1 amide bonds. The zero-order valence-corrected chi connectivity index (χ0v) is 8.28. The number of benzene rings is 1. The monoisotopic (exact) mass is 208 g/mol. The summed E-state index contributed by atoms with van der Waals surface area (Å²) in [5.74, 6) is 0.735. The molecule has 0 aliphatic carbocycles.